The second-order valence-electron chi connectivity index (χ2n) is 7.06. The molecule has 6 nitrogen and oxygen atoms in total. The number of nitrogens with one attached hydrogen (secondary N) is 1. The largest absolute Gasteiger partial charge is 0.355 e. The van der Waals surface area contributed by atoms with Crippen molar-refractivity contribution in [3.8, 4) is 5.69 Å². The van der Waals surface area contributed by atoms with E-state index in [1.165, 1.54) is 21.5 Å². The van der Waals surface area contributed by atoms with E-state index in [-0.39, 0.29) is 12.5 Å². The fourth-order valence-corrected chi connectivity index (χ4v) is 4.46. The molecule has 1 N–H and O–H groups in total. The first-order valence-corrected chi connectivity index (χ1v) is 11.1. The molecule has 4 aromatic rings. The number of aromatic nitrogens is 2. The number of carbonyl (C=O) groups is 1. The molecule has 0 atom stereocenters. The summed E-state index contributed by atoms with van der Waals surface area (Å²) in [5.74, 6) is -0.279. The fourth-order valence-electron chi connectivity index (χ4n) is 3.45. The third-order valence-corrected chi connectivity index (χ3v) is 6.06. The summed E-state index contributed by atoms with van der Waals surface area (Å²) >= 11 is 7.29. The normalized spacial score (nSPS) is 11.0. The number of aryl methyl sites for hydroxylation is 1. The second kappa shape index (κ2) is 9.32. The van der Waals surface area contributed by atoms with Crippen LogP contribution in [0, 0.1) is 0 Å². The average Bonchev–Trinajstić information content (AvgIpc) is 3.25. The molecule has 0 aliphatic rings. The molecule has 0 saturated carbocycles. The van der Waals surface area contributed by atoms with Crippen molar-refractivity contribution in [1.82, 2.24) is 14.5 Å². The number of amides is 1. The van der Waals surface area contributed by atoms with Gasteiger partial charge in [0.1, 0.15) is 11.2 Å². The Morgan fingerprint density at radius 3 is 2.61 bits per heavy atom. The summed E-state index contributed by atoms with van der Waals surface area (Å²) < 4.78 is 2.81. The topological polar surface area (TPSA) is 73.1 Å². The molecular weight excluding hydrogens is 434 g/mol. The quantitative estimate of drug-likeness (QED) is 0.434. The SMILES string of the molecule is O=C(Cn1c(=O)n(-c2cccc(Cl)c2)c(=O)c2sccc21)NCCCc1ccccc1. The first-order valence-electron chi connectivity index (χ1n) is 9.84. The van der Waals surface area contributed by atoms with Crippen LogP contribution in [0.1, 0.15) is 12.0 Å². The highest BCUT2D eigenvalue weighted by Gasteiger charge is 2.17. The van der Waals surface area contributed by atoms with Gasteiger partial charge in [-0.05, 0) is 48.1 Å². The summed E-state index contributed by atoms with van der Waals surface area (Å²) in [7, 11) is 0. The zero-order valence-corrected chi connectivity index (χ0v) is 18.2. The molecule has 8 heteroatoms. The summed E-state index contributed by atoms with van der Waals surface area (Å²) in [6, 6.07) is 18.3. The molecule has 2 heterocycles. The van der Waals surface area contributed by atoms with E-state index in [4.69, 9.17) is 11.6 Å². The van der Waals surface area contributed by atoms with E-state index in [2.05, 4.69) is 5.32 Å². The van der Waals surface area contributed by atoms with Gasteiger partial charge in [0.05, 0.1) is 11.2 Å². The van der Waals surface area contributed by atoms with Gasteiger partial charge in [0, 0.05) is 11.6 Å². The van der Waals surface area contributed by atoms with E-state index in [9.17, 15) is 14.4 Å². The van der Waals surface area contributed by atoms with Crippen LogP contribution < -0.4 is 16.6 Å². The van der Waals surface area contributed by atoms with Gasteiger partial charge in [-0.1, -0.05) is 48.0 Å². The lowest BCUT2D eigenvalue weighted by Crippen LogP contribution is -2.41. The molecule has 4 rings (SSSR count). The standard InChI is InChI=1S/C23H20ClN3O3S/c24-17-9-4-10-18(14-17)27-22(29)21-19(11-13-31-21)26(23(27)30)15-20(28)25-12-5-8-16-6-2-1-3-7-16/h1-4,6-7,9-11,13-14H,5,8,12,15H2,(H,25,28). The Morgan fingerprint density at radius 1 is 1.03 bits per heavy atom. The summed E-state index contributed by atoms with van der Waals surface area (Å²) in [4.78, 5) is 38.6. The van der Waals surface area contributed by atoms with Crippen molar-refractivity contribution in [3.63, 3.8) is 0 Å². The highest BCUT2D eigenvalue weighted by Crippen LogP contribution is 2.17. The van der Waals surface area contributed by atoms with Crippen molar-refractivity contribution in [1.29, 1.82) is 0 Å². The Kier molecular flexibility index (Phi) is 6.34. The van der Waals surface area contributed by atoms with Gasteiger partial charge in [-0.3, -0.25) is 14.2 Å². The van der Waals surface area contributed by atoms with Gasteiger partial charge in [-0.15, -0.1) is 11.3 Å². The van der Waals surface area contributed by atoms with Gasteiger partial charge >= 0.3 is 5.69 Å². The second-order valence-corrected chi connectivity index (χ2v) is 8.42. The minimum atomic E-state index is -0.572. The molecule has 0 fully saturated rings. The predicted octanol–water partition coefficient (Wildman–Crippen LogP) is 3.62. The average molecular weight is 454 g/mol. The molecule has 0 saturated heterocycles. The lowest BCUT2D eigenvalue weighted by Gasteiger charge is -2.12. The van der Waals surface area contributed by atoms with Gasteiger partial charge in [0.25, 0.3) is 5.56 Å². The minimum absolute atomic E-state index is 0.168. The van der Waals surface area contributed by atoms with Crippen molar-refractivity contribution in [2.45, 2.75) is 19.4 Å². The summed E-state index contributed by atoms with van der Waals surface area (Å²) in [6.45, 7) is 0.335. The highest BCUT2D eigenvalue weighted by atomic mass is 35.5. The van der Waals surface area contributed by atoms with E-state index < -0.39 is 11.2 Å². The van der Waals surface area contributed by atoms with Crippen LogP contribution in [0.5, 0.6) is 0 Å². The van der Waals surface area contributed by atoms with Crippen LogP contribution in [-0.4, -0.2) is 21.6 Å². The maximum atomic E-state index is 13.2. The Morgan fingerprint density at radius 2 is 1.84 bits per heavy atom. The van der Waals surface area contributed by atoms with Crippen LogP contribution in [-0.2, 0) is 17.8 Å². The number of nitrogens with zero attached hydrogens (tertiary/aromatic N) is 2. The Balaban J connectivity index is 1.56. The third kappa shape index (κ3) is 4.62. The van der Waals surface area contributed by atoms with E-state index in [1.807, 2.05) is 30.3 Å². The van der Waals surface area contributed by atoms with Crippen molar-refractivity contribution >= 4 is 39.1 Å². The molecule has 31 heavy (non-hydrogen) atoms. The number of fused-ring (bicyclic) bond motifs is 1. The molecule has 2 aromatic heterocycles. The Hall–Kier alpha value is -3.16. The number of hydrogen-bond acceptors (Lipinski definition) is 4. The maximum Gasteiger partial charge on any atom is 0.336 e. The zero-order chi connectivity index (χ0) is 21.8. The molecular formula is C23H20ClN3O3S. The molecule has 0 radical (unpaired) electrons. The van der Waals surface area contributed by atoms with Crippen molar-refractivity contribution in [2.75, 3.05) is 6.54 Å². The number of thiophene rings is 1. The number of hydrogen-bond donors (Lipinski definition) is 1. The molecule has 0 aliphatic heterocycles. The van der Waals surface area contributed by atoms with Crippen LogP contribution in [0.15, 0.2) is 75.6 Å². The number of carbonyl (C=O) groups excluding carboxylic acids is 1. The lowest BCUT2D eigenvalue weighted by molar-refractivity contribution is -0.121. The molecule has 2 aromatic carbocycles. The molecule has 1 amide bonds. The van der Waals surface area contributed by atoms with E-state index in [0.29, 0.717) is 27.5 Å². The zero-order valence-electron chi connectivity index (χ0n) is 16.6. The van der Waals surface area contributed by atoms with Gasteiger partial charge in [0.15, 0.2) is 0 Å². The lowest BCUT2D eigenvalue weighted by atomic mass is 10.1. The van der Waals surface area contributed by atoms with Crippen molar-refractivity contribution < 1.29 is 4.79 Å². The monoisotopic (exact) mass is 453 g/mol. The maximum absolute atomic E-state index is 13.2. The van der Waals surface area contributed by atoms with Crippen LogP contribution in [0.2, 0.25) is 5.02 Å². The highest BCUT2D eigenvalue weighted by molar-refractivity contribution is 7.17. The van der Waals surface area contributed by atoms with Crippen LogP contribution >= 0.6 is 22.9 Å². The molecule has 0 unspecified atom stereocenters. The summed E-state index contributed by atoms with van der Waals surface area (Å²) in [5.41, 5.74) is 1.04. The van der Waals surface area contributed by atoms with Gasteiger partial charge < -0.3 is 5.32 Å². The minimum Gasteiger partial charge on any atom is -0.355 e. The summed E-state index contributed by atoms with van der Waals surface area (Å²) in [5, 5.41) is 5.02. The van der Waals surface area contributed by atoms with E-state index in [0.717, 1.165) is 17.4 Å². The molecule has 0 aliphatic carbocycles. The van der Waals surface area contributed by atoms with E-state index >= 15 is 0 Å². The smallest absolute Gasteiger partial charge is 0.336 e. The van der Waals surface area contributed by atoms with Crippen molar-refractivity contribution in [2.24, 2.45) is 0 Å². The molecule has 0 bridgehead atoms. The van der Waals surface area contributed by atoms with Gasteiger partial charge in [-0.2, -0.15) is 0 Å². The van der Waals surface area contributed by atoms with E-state index in [1.54, 1.807) is 35.7 Å². The van der Waals surface area contributed by atoms with Crippen LogP contribution in [0.4, 0.5) is 0 Å². The molecule has 158 valence electrons. The number of halogens is 1. The Bertz CT molecular complexity index is 1340. The first kappa shape index (κ1) is 21.1. The van der Waals surface area contributed by atoms with Crippen molar-refractivity contribution in [3.05, 3.63) is 97.5 Å². The predicted molar refractivity (Wildman–Crippen MR) is 124 cm³/mol. The van der Waals surface area contributed by atoms with Crippen LogP contribution in [0.3, 0.4) is 0 Å². The third-order valence-electron chi connectivity index (χ3n) is 4.93. The summed E-state index contributed by atoms with van der Waals surface area (Å²) in [6.07, 6.45) is 1.65. The number of rotatable bonds is 7. The first-order chi connectivity index (χ1) is 15.0. The fraction of sp³-hybridized carbons (Fsp3) is 0.174. The van der Waals surface area contributed by atoms with Gasteiger partial charge in [-0.25, -0.2) is 9.36 Å². The Labute approximate surface area is 187 Å². The molecule has 0 spiro atoms. The number of benzene rings is 2. The van der Waals surface area contributed by atoms with Gasteiger partial charge in [0.2, 0.25) is 5.91 Å². The van der Waals surface area contributed by atoms with Crippen LogP contribution in [0.25, 0.3) is 15.9 Å².